The second kappa shape index (κ2) is 5.62. The molecule has 0 aliphatic rings. The van der Waals surface area contributed by atoms with Crippen molar-refractivity contribution < 1.29 is 10.3 Å². The quantitative estimate of drug-likeness (QED) is 0.528. The molecule has 1 aromatic carbocycles. The number of rotatable bonds is 0. The summed E-state index contributed by atoms with van der Waals surface area (Å²) in [6.45, 7) is 0. The summed E-state index contributed by atoms with van der Waals surface area (Å²) in [6, 6.07) is 7.19. The summed E-state index contributed by atoms with van der Waals surface area (Å²) >= 11 is 11.2. The SMILES string of the molecule is Clc1ccccc1Cl.O=[N+]([O-])O. The summed E-state index contributed by atoms with van der Waals surface area (Å²) < 4.78 is 0. The van der Waals surface area contributed by atoms with Crippen LogP contribution in [0.2, 0.25) is 10.0 Å². The number of benzene rings is 1. The summed E-state index contributed by atoms with van der Waals surface area (Å²) in [5.41, 5.74) is 0. The average Bonchev–Trinajstić information content (AvgIpc) is 1.94. The lowest BCUT2D eigenvalue weighted by atomic mass is 10.4. The van der Waals surface area contributed by atoms with E-state index in [9.17, 15) is 0 Å². The number of hydrogen-bond acceptors (Lipinski definition) is 2. The molecule has 0 fully saturated rings. The van der Waals surface area contributed by atoms with Crippen molar-refractivity contribution in [2.24, 2.45) is 0 Å². The summed E-state index contributed by atoms with van der Waals surface area (Å²) in [4.78, 5) is 8.36. The first kappa shape index (κ1) is 11.0. The van der Waals surface area contributed by atoms with Crippen molar-refractivity contribution in [2.75, 3.05) is 0 Å². The summed E-state index contributed by atoms with van der Waals surface area (Å²) in [5.74, 6) is 0. The van der Waals surface area contributed by atoms with Gasteiger partial charge in [-0.25, -0.2) is 0 Å². The largest absolute Gasteiger partial charge is 0.328 e. The molecule has 0 aliphatic heterocycles. The zero-order valence-electron chi connectivity index (χ0n) is 5.78. The first-order valence-electron chi connectivity index (χ1n) is 2.77. The molecule has 6 heteroatoms. The maximum atomic E-state index is 8.36. The Labute approximate surface area is 78.4 Å². The van der Waals surface area contributed by atoms with Crippen molar-refractivity contribution in [3.8, 4) is 0 Å². The van der Waals surface area contributed by atoms with Crippen LogP contribution in [0.5, 0.6) is 0 Å². The van der Waals surface area contributed by atoms with Crippen LogP contribution in [0, 0.1) is 10.1 Å². The minimum absolute atomic E-state index is 0.606. The Morgan fingerprint density at radius 3 is 1.67 bits per heavy atom. The van der Waals surface area contributed by atoms with E-state index in [2.05, 4.69) is 0 Å². The molecule has 0 saturated carbocycles. The normalized spacial score (nSPS) is 8.17. The van der Waals surface area contributed by atoms with E-state index in [1.54, 1.807) is 12.1 Å². The Morgan fingerprint density at radius 2 is 1.50 bits per heavy atom. The van der Waals surface area contributed by atoms with Crippen LogP contribution >= 0.6 is 23.2 Å². The summed E-state index contributed by atoms with van der Waals surface area (Å²) in [5, 5.41) is 14.9. The molecule has 1 aromatic rings. The molecule has 0 atom stereocenters. The molecule has 12 heavy (non-hydrogen) atoms. The zero-order chi connectivity index (χ0) is 9.56. The maximum absolute atomic E-state index is 8.36. The Balaban J connectivity index is 0.000000261. The fourth-order valence-corrected chi connectivity index (χ4v) is 0.711. The monoisotopic (exact) mass is 209 g/mol. The van der Waals surface area contributed by atoms with E-state index in [1.807, 2.05) is 12.1 Å². The highest BCUT2D eigenvalue weighted by Crippen LogP contribution is 2.19. The molecule has 66 valence electrons. The molecule has 0 radical (unpaired) electrons. The van der Waals surface area contributed by atoms with Crippen LogP contribution in [-0.4, -0.2) is 10.3 Å². The fourth-order valence-electron chi connectivity index (χ4n) is 0.439. The van der Waals surface area contributed by atoms with E-state index >= 15 is 0 Å². The molecule has 1 rings (SSSR count). The van der Waals surface area contributed by atoms with Crippen molar-refractivity contribution in [3.05, 3.63) is 44.4 Å². The van der Waals surface area contributed by atoms with E-state index < -0.39 is 5.09 Å². The van der Waals surface area contributed by atoms with Gasteiger partial charge in [-0.3, -0.25) is 0 Å². The lowest BCUT2D eigenvalue weighted by Gasteiger charge is -1.88. The topological polar surface area (TPSA) is 63.4 Å². The maximum Gasteiger partial charge on any atom is 0.291 e. The smallest absolute Gasteiger partial charge is 0.291 e. The molecule has 4 nitrogen and oxygen atoms in total. The van der Waals surface area contributed by atoms with Gasteiger partial charge < -0.3 is 5.21 Å². The molecule has 0 unspecified atom stereocenters. The van der Waals surface area contributed by atoms with Crippen LogP contribution < -0.4 is 0 Å². The highest BCUT2D eigenvalue weighted by Gasteiger charge is 1.89. The highest BCUT2D eigenvalue weighted by molar-refractivity contribution is 6.41. The van der Waals surface area contributed by atoms with E-state index in [1.165, 1.54) is 0 Å². The van der Waals surface area contributed by atoms with Crippen molar-refractivity contribution >= 4 is 23.2 Å². The van der Waals surface area contributed by atoms with Gasteiger partial charge in [0, 0.05) is 0 Å². The van der Waals surface area contributed by atoms with Crippen molar-refractivity contribution in [1.29, 1.82) is 0 Å². The van der Waals surface area contributed by atoms with Crippen LogP contribution in [0.4, 0.5) is 0 Å². The van der Waals surface area contributed by atoms with Gasteiger partial charge in [-0.1, -0.05) is 35.3 Å². The summed E-state index contributed by atoms with van der Waals surface area (Å²) in [6.07, 6.45) is 0. The van der Waals surface area contributed by atoms with Crippen molar-refractivity contribution in [1.82, 2.24) is 0 Å². The number of halogens is 2. The van der Waals surface area contributed by atoms with Gasteiger partial charge >= 0.3 is 0 Å². The van der Waals surface area contributed by atoms with E-state index in [-0.39, 0.29) is 0 Å². The van der Waals surface area contributed by atoms with Gasteiger partial charge in [0.2, 0.25) is 0 Å². The highest BCUT2D eigenvalue weighted by atomic mass is 35.5. The predicted octanol–water partition coefficient (Wildman–Crippen LogP) is 2.65. The number of hydrogen-bond donors (Lipinski definition) is 1. The fraction of sp³-hybridized carbons (Fsp3) is 0. The van der Waals surface area contributed by atoms with E-state index in [4.69, 9.17) is 38.5 Å². The Morgan fingerprint density at radius 1 is 1.25 bits per heavy atom. The molecular formula is C6H5Cl2NO3. The third kappa shape index (κ3) is 5.76. The second-order valence-corrected chi connectivity index (χ2v) is 2.47. The van der Waals surface area contributed by atoms with Crippen LogP contribution in [0.1, 0.15) is 0 Å². The standard InChI is InChI=1S/C6H4Cl2.HNO3/c7-5-3-1-2-4-6(5)8;2-1(3)4/h1-4H;(H,2,3,4). The van der Waals surface area contributed by atoms with Crippen LogP contribution in [-0.2, 0) is 0 Å². The second-order valence-electron chi connectivity index (χ2n) is 1.65. The Bertz CT molecular complexity index is 242. The molecule has 0 bridgehead atoms. The van der Waals surface area contributed by atoms with Gasteiger partial charge in [0.15, 0.2) is 0 Å². The van der Waals surface area contributed by atoms with E-state index in [0.717, 1.165) is 0 Å². The minimum atomic E-state index is -1.50. The molecule has 0 saturated heterocycles. The van der Waals surface area contributed by atoms with Gasteiger partial charge in [-0.05, 0) is 12.1 Å². The van der Waals surface area contributed by atoms with Crippen LogP contribution in [0.15, 0.2) is 24.3 Å². The minimum Gasteiger partial charge on any atom is -0.328 e. The molecule has 0 aromatic heterocycles. The first-order valence-corrected chi connectivity index (χ1v) is 3.53. The van der Waals surface area contributed by atoms with Gasteiger partial charge in [-0.15, -0.1) is 10.1 Å². The molecule has 1 N–H and O–H groups in total. The first-order chi connectivity index (χ1) is 5.54. The molecule has 0 spiro atoms. The summed E-state index contributed by atoms with van der Waals surface area (Å²) in [7, 11) is 0. The Kier molecular flexibility index (Phi) is 5.16. The van der Waals surface area contributed by atoms with Crippen molar-refractivity contribution in [2.45, 2.75) is 0 Å². The zero-order valence-corrected chi connectivity index (χ0v) is 7.29. The van der Waals surface area contributed by atoms with Gasteiger partial charge in [0.05, 0.1) is 10.0 Å². The molecule has 0 aliphatic carbocycles. The third-order valence-electron chi connectivity index (χ3n) is 0.824. The molecular weight excluding hydrogens is 205 g/mol. The van der Waals surface area contributed by atoms with E-state index in [0.29, 0.717) is 10.0 Å². The Hall–Kier alpha value is -1.00. The third-order valence-corrected chi connectivity index (χ3v) is 1.58. The lowest BCUT2D eigenvalue weighted by molar-refractivity contribution is -0.742. The average molecular weight is 210 g/mol. The predicted molar refractivity (Wildman–Crippen MR) is 45.2 cm³/mol. The van der Waals surface area contributed by atoms with Gasteiger partial charge in [0.25, 0.3) is 5.09 Å². The molecule has 0 amide bonds. The number of nitrogens with zero attached hydrogens (tertiary/aromatic N) is 1. The van der Waals surface area contributed by atoms with Crippen molar-refractivity contribution in [3.63, 3.8) is 0 Å². The van der Waals surface area contributed by atoms with Gasteiger partial charge in [-0.2, -0.15) is 0 Å². The van der Waals surface area contributed by atoms with Crippen LogP contribution in [0.3, 0.4) is 0 Å². The lowest BCUT2D eigenvalue weighted by Crippen LogP contribution is -1.81. The van der Waals surface area contributed by atoms with Gasteiger partial charge in [0.1, 0.15) is 0 Å². The molecule has 0 heterocycles. The van der Waals surface area contributed by atoms with Crippen LogP contribution in [0.25, 0.3) is 0 Å².